The smallest absolute Gasteiger partial charge is 0.168 e. The number of rotatable bonds is 5. The summed E-state index contributed by atoms with van der Waals surface area (Å²) in [7, 11) is -1.54. The number of ether oxygens (including phenoxy) is 1. The van der Waals surface area contributed by atoms with Crippen molar-refractivity contribution in [2.45, 2.75) is 12.7 Å². The van der Waals surface area contributed by atoms with Crippen molar-refractivity contribution in [3.8, 4) is 11.5 Å². The molecule has 2 aromatic rings. The van der Waals surface area contributed by atoms with Crippen molar-refractivity contribution >= 4 is 15.4 Å². The molecule has 2 heterocycles. The number of sulfone groups is 1. The number of halogens is 2. The van der Waals surface area contributed by atoms with Gasteiger partial charge >= 0.3 is 0 Å². The predicted molar refractivity (Wildman–Crippen MR) is 101 cm³/mol. The van der Waals surface area contributed by atoms with Gasteiger partial charge in [0.1, 0.15) is 11.5 Å². The van der Waals surface area contributed by atoms with Gasteiger partial charge in [-0.05, 0) is 25.1 Å². The molecule has 1 aromatic heterocycles. The van der Waals surface area contributed by atoms with Gasteiger partial charge in [0.2, 0.25) is 0 Å². The summed E-state index contributed by atoms with van der Waals surface area (Å²) in [5, 5.41) is 0. The standard InChI is InChI=1S/C19H19F2N3O3S/c1-12-6-13(10-24(2)9-12)19-22-8-18(16(23-19)11-28(3,25)26)27-17-5-4-14(20)7-15(17)21/h4-8,10H,9,11H2,1-3H3. The third kappa shape index (κ3) is 4.92. The summed E-state index contributed by atoms with van der Waals surface area (Å²) in [6.07, 6.45) is 6.13. The summed E-state index contributed by atoms with van der Waals surface area (Å²) in [6, 6.07) is 2.84. The monoisotopic (exact) mass is 407 g/mol. The zero-order chi connectivity index (χ0) is 20.5. The normalized spacial score (nSPS) is 14.5. The van der Waals surface area contributed by atoms with E-state index in [2.05, 4.69) is 9.97 Å². The highest BCUT2D eigenvalue weighted by Gasteiger charge is 2.19. The molecule has 0 amide bonds. The lowest BCUT2D eigenvalue weighted by molar-refractivity contribution is 0.430. The molecule has 0 radical (unpaired) electrons. The van der Waals surface area contributed by atoms with E-state index in [0.29, 0.717) is 11.9 Å². The third-order valence-corrected chi connectivity index (χ3v) is 4.66. The lowest BCUT2D eigenvalue weighted by Crippen LogP contribution is -2.18. The Morgan fingerprint density at radius 2 is 2.00 bits per heavy atom. The van der Waals surface area contributed by atoms with Crippen molar-refractivity contribution < 1.29 is 21.9 Å². The number of hydrogen-bond donors (Lipinski definition) is 0. The van der Waals surface area contributed by atoms with Crippen molar-refractivity contribution in [2.24, 2.45) is 0 Å². The summed E-state index contributed by atoms with van der Waals surface area (Å²) in [5.74, 6) is -2.00. The Kier molecular flexibility index (Phi) is 5.46. The molecule has 0 spiro atoms. The van der Waals surface area contributed by atoms with Gasteiger partial charge in [-0.3, -0.25) is 0 Å². The molecule has 0 saturated carbocycles. The Bertz CT molecular complexity index is 1080. The molecule has 1 aromatic carbocycles. The number of hydrogen-bond acceptors (Lipinski definition) is 6. The maximum atomic E-state index is 13.9. The van der Waals surface area contributed by atoms with Crippen molar-refractivity contribution in [1.82, 2.24) is 14.9 Å². The van der Waals surface area contributed by atoms with Gasteiger partial charge in [-0.25, -0.2) is 27.2 Å². The molecule has 0 aliphatic carbocycles. The largest absolute Gasteiger partial charge is 0.451 e. The van der Waals surface area contributed by atoms with Crippen LogP contribution in [0.1, 0.15) is 18.4 Å². The highest BCUT2D eigenvalue weighted by atomic mass is 32.2. The van der Waals surface area contributed by atoms with E-state index < -0.39 is 27.2 Å². The van der Waals surface area contributed by atoms with Crippen LogP contribution >= 0.6 is 0 Å². The van der Waals surface area contributed by atoms with Gasteiger partial charge in [-0.2, -0.15) is 0 Å². The molecule has 0 N–H and O–H groups in total. The lowest BCUT2D eigenvalue weighted by Gasteiger charge is -2.21. The zero-order valence-electron chi connectivity index (χ0n) is 15.6. The molecule has 0 saturated heterocycles. The van der Waals surface area contributed by atoms with E-state index in [1.54, 1.807) is 0 Å². The van der Waals surface area contributed by atoms with Crippen LogP contribution in [0.5, 0.6) is 11.5 Å². The van der Waals surface area contributed by atoms with Crippen LogP contribution in [-0.2, 0) is 15.6 Å². The van der Waals surface area contributed by atoms with Crippen molar-refractivity contribution in [1.29, 1.82) is 0 Å². The van der Waals surface area contributed by atoms with Gasteiger partial charge in [0.25, 0.3) is 0 Å². The molecular formula is C19H19F2N3O3S. The number of allylic oxidation sites excluding steroid dienone is 2. The van der Waals surface area contributed by atoms with Crippen LogP contribution in [-0.4, -0.2) is 43.1 Å². The van der Waals surface area contributed by atoms with Gasteiger partial charge in [0, 0.05) is 37.7 Å². The van der Waals surface area contributed by atoms with Crippen LogP contribution in [0.3, 0.4) is 0 Å². The molecule has 3 rings (SSSR count). The fraction of sp³-hybridized carbons (Fsp3) is 0.263. The summed E-state index contributed by atoms with van der Waals surface area (Å²) >= 11 is 0. The molecule has 9 heteroatoms. The number of aromatic nitrogens is 2. The zero-order valence-corrected chi connectivity index (χ0v) is 16.4. The van der Waals surface area contributed by atoms with E-state index in [1.165, 1.54) is 6.20 Å². The minimum Gasteiger partial charge on any atom is -0.451 e. The molecule has 0 unspecified atom stereocenters. The van der Waals surface area contributed by atoms with Crippen LogP contribution < -0.4 is 4.74 Å². The Morgan fingerprint density at radius 1 is 1.25 bits per heavy atom. The average molecular weight is 407 g/mol. The fourth-order valence-corrected chi connectivity index (χ4v) is 3.51. The molecule has 1 aliphatic rings. The van der Waals surface area contributed by atoms with Crippen molar-refractivity contribution in [3.63, 3.8) is 0 Å². The van der Waals surface area contributed by atoms with Crippen molar-refractivity contribution in [3.05, 3.63) is 65.4 Å². The van der Waals surface area contributed by atoms with Crippen LogP contribution in [0.15, 0.2) is 42.2 Å². The second-order valence-corrected chi connectivity index (χ2v) is 8.88. The molecule has 28 heavy (non-hydrogen) atoms. The van der Waals surface area contributed by atoms with Crippen LogP contribution in [0.4, 0.5) is 8.78 Å². The third-order valence-electron chi connectivity index (χ3n) is 3.86. The van der Waals surface area contributed by atoms with E-state index in [-0.39, 0.29) is 17.2 Å². The summed E-state index contributed by atoms with van der Waals surface area (Å²) in [4.78, 5) is 10.5. The topological polar surface area (TPSA) is 72.4 Å². The molecule has 0 bridgehead atoms. The van der Waals surface area contributed by atoms with Crippen LogP contribution in [0.2, 0.25) is 0 Å². The second-order valence-electron chi connectivity index (χ2n) is 6.74. The van der Waals surface area contributed by atoms with Gasteiger partial charge in [0.05, 0.1) is 11.9 Å². The van der Waals surface area contributed by atoms with E-state index in [0.717, 1.165) is 36.1 Å². The Balaban J connectivity index is 2.03. The molecule has 1 aliphatic heterocycles. The van der Waals surface area contributed by atoms with E-state index in [9.17, 15) is 17.2 Å². The second kappa shape index (κ2) is 7.67. The van der Waals surface area contributed by atoms with Crippen LogP contribution in [0, 0.1) is 11.6 Å². The molecule has 6 nitrogen and oxygen atoms in total. The molecular weight excluding hydrogens is 388 g/mol. The lowest BCUT2D eigenvalue weighted by atomic mass is 10.1. The minimum atomic E-state index is -3.45. The van der Waals surface area contributed by atoms with E-state index in [1.807, 2.05) is 31.1 Å². The number of likely N-dealkylation sites (N-methyl/N-ethyl adjacent to an activating group) is 1. The maximum Gasteiger partial charge on any atom is 0.168 e. The van der Waals surface area contributed by atoms with Gasteiger partial charge in [-0.15, -0.1) is 0 Å². The Hall–Kier alpha value is -2.81. The van der Waals surface area contributed by atoms with Gasteiger partial charge in [-0.1, -0.05) is 5.57 Å². The van der Waals surface area contributed by atoms with Gasteiger partial charge < -0.3 is 9.64 Å². The molecule has 148 valence electrons. The fourth-order valence-electron chi connectivity index (χ4n) is 2.81. The van der Waals surface area contributed by atoms with Crippen molar-refractivity contribution in [2.75, 3.05) is 19.8 Å². The first kappa shape index (κ1) is 19.9. The summed E-state index contributed by atoms with van der Waals surface area (Å²) < 4.78 is 56.1. The molecule has 0 atom stereocenters. The first-order valence-electron chi connectivity index (χ1n) is 8.37. The average Bonchev–Trinajstić information content (AvgIpc) is 2.56. The van der Waals surface area contributed by atoms with E-state index in [4.69, 9.17) is 4.74 Å². The van der Waals surface area contributed by atoms with Gasteiger partial charge in [0.15, 0.2) is 33.0 Å². The summed E-state index contributed by atoms with van der Waals surface area (Å²) in [6.45, 7) is 2.74. The number of benzene rings is 1. The highest BCUT2D eigenvalue weighted by molar-refractivity contribution is 7.89. The Labute approximate surface area is 162 Å². The first-order chi connectivity index (χ1) is 13.1. The van der Waals surface area contributed by atoms with E-state index >= 15 is 0 Å². The number of nitrogens with zero attached hydrogens (tertiary/aromatic N) is 3. The minimum absolute atomic E-state index is 0.00912. The first-order valence-corrected chi connectivity index (χ1v) is 10.4. The highest BCUT2D eigenvalue weighted by Crippen LogP contribution is 2.29. The predicted octanol–water partition coefficient (Wildman–Crippen LogP) is 3.32. The SMILES string of the molecule is CC1=CC(c2ncc(Oc3ccc(F)cc3F)c(CS(C)(=O)=O)n2)=CN(C)C1. The quantitative estimate of drug-likeness (QED) is 0.757. The summed E-state index contributed by atoms with van der Waals surface area (Å²) in [5.41, 5.74) is 1.92. The van der Waals surface area contributed by atoms with Crippen LogP contribution in [0.25, 0.3) is 5.57 Å². The Morgan fingerprint density at radius 3 is 2.64 bits per heavy atom. The maximum absolute atomic E-state index is 13.9. The molecule has 0 fully saturated rings.